The van der Waals surface area contributed by atoms with Crippen molar-refractivity contribution < 1.29 is 4.74 Å². The predicted molar refractivity (Wildman–Crippen MR) is 67.8 cm³/mol. The van der Waals surface area contributed by atoms with Gasteiger partial charge in [-0.1, -0.05) is 0 Å². The van der Waals surface area contributed by atoms with Gasteiger partial charge in [0.1, 0.15) is 0 Å². The first-order valence-electron chi connectivity index (χ1n) is 5.82. The molecule has 2 N–H and O–H groups in total. The van der Waals surface area contributed by atoms with E-state index < -0.39 is 0 Å². The van der Waals surface area contributed by atoms with Crippen LogP contribution < -0.4 is 5.73 Å². The molecule has 1 aromatic heterocycles. The second-order valence-corrected chi connectivity index (χ2v) is 5.70. The van der Waals surface area contributed by atoms with E-state index in [1.54, 1.807) is 0 Å². The lowest BCUT2D eigenvalue weighted by molar-refractivity contribution is -0.0328. The van der Waals surface area contributed by atoms with Crippen molar-refractivity contribution in [3.05, 3.63) is 21.9 Å². The molecule has 2 rings (SSSR count). The van der Waals surface area contributed by atoms with E-state index >= 15 is 0 Å². The van der Waals surface area contributed by atoms with Gasteiger partial charge in [0.05, 0.1) is 18.8 Å². The normalized spacial score (nSPS) is 24.6. The smallest absolute Gasteiger partial charge is 0.0674 e. The fourth-order valence-electron chi connectivity index (χ4n) is 2.21. The van der Waals surface area contributed by atoms with E-state index in [1.165, 1.54) is 9.75 Å². The van der Waals surface area contributed by atoms with Gasteiger partial charge >= 0.3 is 0 Å². The maximum Gasteiger partial charge on any atom is 0.0674 e. The topological polar surface area (TPSA) is 38.5 Å². The molecule has 0 amide bonds. The number of thiophene rings is 1. The Hall–Kier alpha value is -0.420. The molecule has 1 saturated heterocycles. The molecule has 16 heavy (non-hydrogen) atoms. The van der Waals surface area contributed by atoms with Crippen molar-refractivity contribution in [3.63, 3.8) is 0 Å². The van der Waals surface area contributed by atoms with Crippen molar-refractivity contribution in [2.24, 2.45) is 5.73 Å². The Morgan fingerprint density at radius 2 is 2.44 bits per heavy atom. The summed E-state index contributed by atoms with van der Waals surface area (Å²) < 4.78 is 5.56. The van der Waals surface area contributed by atoms with E-state index in [0.717, 1.165) is 19.7 Å². The Morgan fingerprint density at radius 3 is 3.00 bits per heavy atom. The summed E-state index contributed by atoms with van der Waals surface area (Å²) in [6, 6.07) is 4.74. The summed E-state index contributed by atoms with van der Waals surface area (Å²) >= 11 is 1.85. The summed E-state index contributed by atoms with van der Waals surface area (Å²) in [7, 11) is 0. The van der Waals surface area contributed by atoms with Crippen LogP contribution in [-0.4, -0.2) is 37.2 Å². The average Bonchev–Trinajstić information content (AvgIpc) is 2.66. The third-order valence-corrected chi connectivity index (χ3v) is 4.13. The third kappa shape index (κ3) is 2.63. The molecule has 2 heterocycles. The van der Waals surface area contributed by atoms with E-state index in [-0.39, 0.29) is 0 Å². The second kappa shape index (κ2) is 5.27. The van der Waals surface area contributed by atoms with Crippen LogP contribution in [0.25, 0.3) is 0 Å². The Labute approximate surface area is 101 Å². The van der Waals surface area contributed by atoms with Gasteiger partial charge in [0.25, 0.3) is 0 Å². The second-order valence-electron chi connectivity index (χ2n) is 4.38. The lowest BCUT2D eigenvalue weighted by Gasteiger charge is -2.36. The van der Waals surface area contributed by atoms with Crippen molar-refractivity contribution in [1.82, 2.24) is 4.90 Å². The van der Waals surface area contributed by atoms with Crippen molar-refractivity contribution in [2.45, 2.75) is 26.0 Å². The van der Waals surface area contributed by atoms with Crippen LogP contribution in [0.15, 0.2) is 12.1 Å². The number of hydrogen-bond acceptors (Lipinski definition) is 4. The number of nitrogens with two attached hydrogens (primary N) is 1. The summed E-state index contributed by atoms with van der Waals surface area (Å²) in [6.45, 7) is 7.75. The highest BCUT2D eigenvalue weighted by Gasteiger charge is 2.25. The zero-order valence-electron chi connectivity index (χ0n) is 9.98. The van der Waals surface area contributed by atoms with Crippen LogP contribution in [0.2, 0.25) is 0 Å². The summed E-state index contributed by atoms with van der Waals surface area (Å²) in [6.07, 6.45) is 0.323. The maximum absolute atomic E-state index is 5.91. The molecule has 2 atom stereocenters. The summed E-state index contributed by atoms with van der Waals surface area (Å²) in [5.41, 5.74) is 5.91. The lowest BCUT2D eigenvalue weighted by Crippen LogP contribution is -2.44. The molecule has 4 heteroatoms. The van der Waals surface area contributed by atoms with Crippen LogP contribution in [0.5, 0.6) is 0 Å². The first-order valence-corrected chi connectivity index (χ1v) is 6.64. The maximum atomic E-state index is 5.91. The van der Waals surface area contributed by atoms with Gasteiger partial charge in [0, 0.05) is 29.4 Å². The highest BCUT2D eigenvalue weighted by atomic mass is 32.1. The van der Waals surface area contributed by atoms with Gasteiger partial charge in [-0.15, -0.1) is 11.3 Å². The fraction of sp³-hybridized carbons (Fsp3) is 0.667. The van der Waals surface area contributed by atoms with Crippen LogP contribution in [0.3, 0.4) is 0 Å². The predicted octanol–water partition coefficient (Wildman–Crippen LogP) is 1.78. The molecule has 0 saturated carbocycles. The molecule has 0 bridgehead atoms. The van der Waals surface area contributed by atoms with E-state index in [1.807, 2.05) is 11.3 Å². The summed E-state index contributed by atoms with van der Waals surface area (Å²) in [5.74, 6) is 0. The number of hydrogen-bond donors (Lipinski definition) is 1. The van der Waals surface area contributed by atoms with Crippen molar-refractivity contribution in [1.29, 1.82) is 0 Å². The molecular weight excluding hydrogens is 220 g/mol. The minimum atomic E-state index is 0.323. The molecule has 3 nitrogen and oxygen atoms in total. The largest absolute Gasteiger partial charge is 0.376 e. The number of ether oxygens (including phenoxy) is 1. The SMILES string of the molecule is Cc1ccc(C(CN)N2CCOC(C)C2)s1. The molecule has 0 radical (unpaired) electrons. The third-order valence-electron chi connectivity index (χ3n) is 3.03. The van der Waals surface area contributed by atoms with Crippen LogP contribution in [-0.2, 0) is 4.74 Å². The van der Waals surface area contributed by atoms with E-state index in [4.69, 9.17) is 10.5 Å². The van der Waals surface area contributed by atoms with Gasteiger partial charge in [-0.3, -0.25) is 4.90 Å². The van der Waals surface area contributed by atoms with Crippen molar-refractivity contribution in [3.8, 4) is 0 Å². The Bertz CT molecular complexity index is 340. The van der Waals surface area contributed by atoms with Crippen LogP contribution in [0.4, 0.5) is 0 Å². The molecule has 0 aromatic carbocycles. The van der Waals surface area contributed by atoms with E-state index in [9.17, 15) is 0 Å². The molecule has 0 spiro atoms. The number of nitrogens with zero attached hydrogens (tertiary/aromatic N) is 1. The Morgan fingerprint density at radius 1 is 1.62 bits per heavy atom. The van der Waals surface area contributed by atoms with Gasteiger partial charge < -0.3 is 10.5 Å². The monoisotopic (exact) mass is 240 g/mol. The zero-order valence-corrected chi connectivity index (χ0v) is 10.8. The van der Waals surface area contributed by atoms with Gasteiger partial charge in [-0.25, -0.2) is 0 Å². The van der Waals surface area contributed by atoms with Crippen LogP contribution in [0, 0.1) is 6.92 Å². The first-order chi connectivity index (χ1) is 7.70. The minimum absolute atomic E-state index is 0.323. The van der Waals surface area contributed by atoms with Gasteiger partial charge in [0.15, 0.2) is 0 Å². The quantitative estimate of drug-likeness (QED) is 0.875. The highest BCUT2D eigenvalue weighted by Crippen LogP contribution is 2.28. The van der Waals surface area contributed by atoms with Gasteiger partial charge in [-0.05, 0) is 26.0 Å². The molecule has 1 fully saturated rings. The molecule has 0 aliphatic carbocycles. The number of rotatable bonds is 3. The number of morpholine rings is 1. The minimum Gasteiger partial charge on any atom is -0.376 e. The Kier molecular flexibility index (Phi) is 3.97. The van der Waals surface area contributed by atoms with Crippen LogP contribution >= 0.6 is 11.3 Å². The number of aryl methyl sites for hydroxylation is 1. The van der Waals surface area contributed by atoms with E-state index in [0.29, 0.717) is 18.7 Å². The molecule has 90 valence electrons. The van der Waals surface area contributed by atoms with Crippen LogP contribution in [0.1, 0.15) is 22.7 Å². The first kappa shape index (κ1) is 12.0. The van der Waals surface area contributed by atoms with Crippen molar-refractivity contribution >= 4 is 11.3 Å². The molecule has 1 aliphatic rings. The zero-order chi connectivity index (χ0) is 11.5. The van der Waals surface area contributed by atoms with Gasteiger partial charge in [0.2, 0.25) is 0 Å². The molecular formula is C12H20N2OS. The highest BCUT2D eigenvalue weighted by molar-refractivity contribution is 7.12. The Balaban J connectivity index is 2.09. The summed E-state index contributed by atoms with van der Waals surface area (Å²) in [5, 5.41) is 0. The fourth-order valence-corrected chi connectivity index (χ4v) is 3.23. The molecule has 1 aliphatic heterocycles. The van der Waals surface area contributed by atoms with Crippen molar-refractivity contribution in [2.75, 3.05) is 26.2 Å². The summed E-state index contributed by atoms with van der Waals surface area (Å²) in [4.78, 5) is 5.18. The average molecular weight is 240 g/mol. The molecule has 2 unspecified atom stereocenters. The standard InChI is InChI=1S/C12H20N2OS/c1-9-8-14(5-6-15-9)11(7-13)12-4-3-10(2)16-12/h3-4,9,11H,5-8,13H2,1-2H3. The molecule has 1 aromatic rings. The van der Waals surface area contributed by atoms with E-state index in [2.05, 4.69) is 30.9 Å². The van der Waals surface area contributed by atoms with Gasteiger partial charge in [-0.2, -0.15) is 0 Å². The lowest BCUT2D eigenvalue weighted by atomic mass is 10.1.